The third kappa shape index (κ3) is 4980. The van der Waals surface area contributed by atoms with E-state index in [1.54, 1.807) is 0 Å². The van der Waals surface area contributed by atoms with Gasteiger partial charge in [0.25, 0.3) is 0 Å². The molecule has 0 aromatic carbocycles. The fraction of sp³-hybridized carbons (Fsp3) is 0.556. The van der Waals surface area contributed by atoms with Crippen LogP contribution in [-0.2, 0) is 29.1 Å². The zero-order valence-electron chi connectivity index (χ0n) is 8.48. The zero-order chi connectivity index (χ0) is 11.0. The second-order valence-corrected chi connectivity index (χ2v) is 1.97. The monoisotopic (exact) mass is 272 g/mol. The van der Waals surface area contributed by atoms with Gasteiger partial charge in [-0.25, -0.2) is 6.57 Å². The van der Waals surface area contributed by atoms with Gasteiger partial charge in [0.05, 0.1) is 0 Å². The van der Waals surface area contributed by atoms with Crippen molar-refractivity contribution < 1.29 is 29.1 Å². The molecular formula is C9H16NO2Ru+. The molecule has 0 aromatic heterocycles. The van der Waals surface area contributed by atoms with Crippen LogP contribution in [0.1, 0.15) is 27.7 Å². The van der Waals surface area contributed by atoms with E-state index in [1.807, 2.05) is 6.92 Å². The number of nitrogens with zero attached hydrogens (tertiary/aromatic N) is 1. The van der Waals surface area contributed by atoms with Crippen molar-refractivity contribution in [2.24, 2.45) is 0 Å². The number of carbonyl (C=O) groups excluding carboxylic acids is 2. The average molecular weight is 271 g/mol. The van der Waals surface area contributed by atoms with E-state index in [-0.39, 0.29) is 19.5 Å². The minimum Gasteiger partial charge on any atom is -0.545 e. The van der Waals surface area contributed by atoms with Crippen LogP contribution < -0.4 is 0 Å². The van der Waals surface area contributed by atoms with Crippen LogP contribution in [0.4, 0.5) is 0 Å². The van der Waals surface area contributed by atoms with Crippen molar-refractivity contribution in [3.8, 4) is 0 Å². The second-order valence-electron chi connectivity index (χ2n) is 1.97. The van der Waals surface area contributed by atoms with Gasteiger partial charge < -0.3 is 20.4 Å². The van der Waals surface area contributed by atoms with Gasteiger partial charge in [0.2, 0.25) is 6.54 Å². The van der Waals surface area contributed by atoms with Gasteiger partial charge in [0.1, 0.15) is 0 Å². The SMILES string of the molecule is C[C-](C)C.[C-]#[N+]CC.[CH-]=O.[CH-]=O.[Ru+4]. The molecule has 0 saturated heterocycles. The van der Waals surface area contributed by atoms with Crippen molar-refractivity contribution in [1.29, 1.82) is 0 Å². The van der Waals surface area contributed by atoms with Gasteiger partial charge in [-0.3, -0.25) is 13.6 Å². The average Bonchev–Trinajstić information content (AvgIpc) is 2.10. The quantitative estimate of drug-likeness (QED) is 0.384. The van der Waals surface area contributed by atoms with Gasteiger partial charge in [-0.05, 0) is 0 Å². The molecule has 4 heteroatoms. The van der Waals surface area contributed by atoms with E-state index in [1.165, 1.54) is 5.92 Å². The summed E-state index contributed by atoms with van der Waals surface area (Å²) < 4.78 is 0. The Morgan fingerprint density at radius 2 is 1.23 bits per heavy atom. The topological polar surface area (TPSA) is 38.5 Å². The van der Waals surface area contributed by atoms with Crippen LogP contribution in [0.15, 0.2) is 0 Å². The number of rotatable bonds is 0. The van der Waals surface area contributed by atoms with E-state index >= 15 is 0 Å². The fourth-order valence-electron chi connectivity index (χ4n) is 0. The molecule has 0 aliphatic heterocycles. The van der Waals surface area contributed by atoms with E-state index in [0.29, 0.717) is 6.54 Å². The Bertz CT molecular complexity index is 87.4. The third-order valence-corrected chi connectivity index (χ3v) is 0.158. The fourth-order valence-corrected chi connectivity index (χ4v) is 0. The minimum atomic E-state index is 0. The van der Waals surface area contributed by atoms with Gasteiger partial charge in [-0.15, -0.1) is 0 Å². The largest absolute Gasteiger partial charge is 4.00 e. The maximum Gasteiger partial charge on any atom is 4.00 e. The molecule has 13 heavy (non-hydrogen) atoms. The van der Waals surface area contributed by atoms with Crippen LogP contribution in [0.25, 0.3) is 4.85 Å². The third-order valence-electron chi connectivity index (χ3n) is 0.158. The van der Waals surface area contributed by atoms with Crippen LogP contribution in [0, 0.1) is 12.5 Å². The summed E-state index contributed by atoms with van der Waals surface area (Å²) in [5.74, 6) is 1.42. The molecule has 0 radical (unpaired) electrons. The summed E-state index contributed by atoms with van der Waals surface area (Å²) in [4.78, 5) is 18.5. The first-order chi connectivity index (χ1) is 5.65. The molecule has 0 heterocycles. The number of hydrogen-bond acceptors (Lipinski definition) is 2. The summed E-state index contributed by atoms with van der Waals surface area (Å²) in [7, 11) is 0. The molecule has 0 saturated carbocycles. The predicted octanol–water partition coefficient (Wildman–Crippen LogP) is 2.00. The Kier molecular flexibility index (Phi) is 143. The molecule has 0 bridgehead atoms. The molecular weight excluding hydrogens is 255 g/mol. The molecule has 0 atom stereocenters. The first-order valence-corrected chi connectivity index (χ1v) is 3.22. The van der Waals surface area contributed by atoms with Crippen LogP contribution in [0.5, 0.6) is 0 Å². The first-order valence-electron chi connectivity index (χ1n) is 3.22. The summed E-state index contributed by atoms with van der Waals surface area (Å²) in [5, 5.41) is 0. The Morgan fingerprint density at radius 3 is 1.23 bits per heavy atom. The maximum absolute atomic E-state index is 7.75. The van der Waals surface area contributed by atoms with E-state index < -0.39 is 0 Å². The van der Waals surface area contributed by atoms with Gasteiger partial charge in [-0.2, -0.15) is 20.8 Å². The molecule has 0 rings (SSSR count). The van der Waals surface area contributed by atoms with Crippen molar-refractivity contribution in [2.45, 2.75) is 27.7 Å². The Hall–Kier alpha value is -0.547. The van der Waals surface area contributed by atoms with Crippen molar-refractivity contribution in [1.82, 2.24) is 0 Å². The summed E-state index contributed by atoms with van der Waals surface area (Å²) in [6.45, 7) is 21.3. The van der Waals surface area contributed by atoms with Crippen molar-refractivity contribution in [3.05, 3.63) is 17.3 Å². The van der Waals surface area contributed by atoms with Gasteiger partial charge in [-0.1, -0.05) is 0 Å². The first kappa shape index (κ1) is 29.4. The van der Waals surface area contributed by atoms with Crippen LogP contribution >= 0.6 is 0 Å². The summed E-state index contributed by atoms with van der Waals surface area (Å²) in [6.07, 6.45) is 0. The summed E-state index contributed by atoms with van der Waals surface area (Å²) in [6, 6.07) is 0. The molecule has 0 amide bonds. The van der Waals surface area contributed by atoms with Gasteiger partial charge in [0, 0.05) is 6.92 Å². The summed E-state index contributed by atoms with van der Waals surface area (Å²) in [5.41, 5.74) is 0. The zero-order valence-corrected chi connectivity index (χ0v) is 10.2. The molecule has 0 unspecified atom stereocenters. The van der Waals surface area contributed by atoms with Crippen molar-refractivity contribution >= 4 is 13.6 Å². The predicted molar refractivity (Wildman–Crippen MR) is 50.9 cm³/mol. The molecule has 3 nitrogen and oxygen atoms in total. The van der Waals surface area contributed by atoms with Gasteiger partial charge in [0.15, 0.2) is 0 Å². The minimum absolute atomic E-state index is 0. The molecule has 0 aliphatic carbocycles. The van der Waals surface area contributed by atoms with Crippen molar-refractivity contribution in [2.75, 3.05) is 6.54 Å². The Morgan fingerprint density at radius 1 is 1.15 bits per heavy atom. The van der Waals surface area contributed by atoms with Crippen LogP contribution in [0.3, 0.4) is 0 Å². The summed E-state index contributed by atoms with van der Waals surface area (Å²) >= 11 is 0. The Labute approximate surface area is 94.5 Å². The molecule has 0 aliphatic rings. The molecule has 0 aromatic rings. The molecule has 0 N–H and O–H groups in total. The van der Waals surface area contributed by atoms with Crippen molar-refractivity contribution in [3.63, 3.8) is 0 Å². The maximum atomic E-state index is 7.75. The smallest absolute Gasteiger partial charge is 0.545 e. The normalized spacial score (nSPS) is 4.92. The molecule has 76 valence electrons. The Balaban J connectivity index is -0.0000000226. The van der Waals surface area contributed by atoms with E-state index in [2.05, 4.69) is 39.2 Å². The van der Waals surface area contributed by atoms with E-state index in [9.17, 15) is 0 Å². The van der Waals surface area contributed by atoms with Crippen LogP contribution in [-0.4, -0.2) is 20.1 Å². The standard InChI is InChI=1S/C4H9.C3H5N.2CHO.Ru/c1-4(2)3;1-3-4-2;2*1-2;/h1-3H3;3H2,1H3;2*1H;/q-1;;2*-1;+4. The van der Waals surface area contributed by atoms with Gasteiger partial charge >= 0.3 is 19.5 Å². The van der Waals surface area contributed by atoms with E-state index in [4.69, 9.17) is 16.2 Å². The van der Waals surface area contributed by atoms with E-state index in [0.717, 1.165) is 0 Å². The number of hydrogen-bond donors (Lipinski definition) is 0. The molecule has 0 fully saturated rings. The molecule has 0 spiro atoms. The van der Waals surface area contributed by atoms with Crippen LogP contribution in [0.2, 0.25) is 0 Å². The second kappa shape index (κ2) is 63.1.